The molecule has 0 bridgehead atoms. The molecule has 0 radical (unpaired) electrons. The predicted octanol–water partition coefficient (Wildman–Crippen LogP) is -0.164. The van der Waals surface area contributed by atoms with E-state index in [2.05, 4.69) is 5.10 Å². The SMILES string of the molecule is Cn1nccc1[C@@H](O)CCO. The Morgan fingerprint density at radius 3 is 2.91 bits per heavy atom. The molecule has 1 aromatic heterocycles. The first-order chi connectivity index (χ1) is 5.25. The van der Waals surface area contributed by atoms with Crippen molar-refractivity contribution in [3.05, 3.63) is 18.0 Å². The van der Waals surface area contributed by atoms with E-state index in [0.29, 0.717) is 6.42 Å². The maximum atomic E-state index is 9.37. The second kappa shape index (κ2) is 3.50. The van der Waals surface area contributed by atoms with Crippen LogP contribution in [0.2, 0.25) is 0 Å². The molecule has 11 heavy (non-hydrogen) atoms. The lowest BCUT2D eigenvalue weighted by Crippen LogP contribution is -2.06. The van der Waals surface area contributed by atoms with Gasteiger partial charge in [-0.05, 0) is 6.07 Å². The lowest BCUT2D eigenvalue weighted by Gasteiger charge is -2.07. The Hall–Kier alpha value is -0.870. The summed E-state index contributed by atoms with van der Waals surface area (Å²) in [5.74, 6) is 0. The van der Waals surface area contributed by atoms with Crippen LogP contribution in [-0.4, -0.2) is 26.6 Å². The van der Waals surface area contributed by atoms with E-state index in [1.165, 1.54) is 0 Å². The average Bonchev–Trinajstić information content (AvgIpc) is 2.36. The Morgan fingerprint density at radius 1 is 1.73 bits per heavy atom. The zero-order valence-corrected chi connectivity index (χ0v) is 6.44. The van der Waals surface area contributed by atoms with E-state index < -0.39 is 6.10 Å². The third-order valence-corrected chi connectivity index (χ3v) is 1.60. The lowest BCUT2D eigenvalue weighted by atomic mass is 10.2. The van der Waals surface area contributed by atoms with E-state index in [9.17, 15) is 5.11 Å². The van der Waals surface area contributed by atoms with Crippen LogP contribution in [0.3, 0.4) is 0 Å². The number of aromatic nitrogens is 2. The van der Waals surface area contributed by atoms with Gasteiger partial charge < -0.3 is 10.2 Å². The van der Waals surface area contributed by atoms with Crippen molar-refractivity contribution in [2.45, 2.75) is 12.5 Å². The van der Waals surface area contributed by atoms with Gasteiger partial charge in [0.1, 0.15) is 0 Å². The van der Waals surface area contributed by atoms with E-state index in [1.807, 2.05) is 0 Å². The topological polar surface area (TPSA) is 58.3 Å². The molecule has 0 fully saturated rings. The third kappa shape index (κ3) is 1.78. The Labute approximate surface area is 65.1 Å². The van der Waals surface area contributed by atoms with Gasteiger partial charge in [0.05, 0.1) is 11.8 Å². The molecule has 1 heterocycles. The summed E-state index contributed by atoms with van der Waals surface area (Å²) in [4.78, 5) is 0. The van der Waals surface area contributed by atoms with E-state index >= 15 is 0 Å². The van der Waals surface area contributed by atoms with Crippen LogP contribution in [0, 0.1) is 0 Å². The van der Waals surface area contributed by atoms with Crippen LogP contribution < -0.4 is 0 Å². The third-order valence-electron chi connectivity index (χ3n) is 1.60. The van der Waals surface area contributed by atoms with E-state index in [4.69, 9.17) is 5.11 Å². The van der Waals surface area contributed by atoms with Crippen molar-refractivity contribution in [2.75, 3.05) is 6.61 Å². The van der Waals surface area contributed by atoms with E-state index in [1.54, 1.807) is 24.0 Å². The van der Waals surface area contributed by atoms with Crippen LogP contribution in [0.15, 0.2) is 12.3 Å². The molecule has 62 valence electrons. The molecule has 1 aromatic rings. The summed E-state index contributed by atoms with van der Waals surface area (Å²) in [6.45, 7) is -0.00759. The summed E-state index contributed by atoms with van der Waals surface area (Å²) < 4.78 is 1.60. The first-order valence-corrected chi connectivity index (χ1v) is 3.52. The van der Waals surface area contributed by atoms with Crippen LogP contribution in [-0.2, 0) is 7.05 Å². The number of nitrogens with zero attached hydrogens (tertiary/aromatic N) is 2. The number of hydrogen-bond donors (Lipinski definition) is 2. The van der Waals surface area contributed by atoms with Gasteiger partial charge in [-0.2, -0.15) is 5.10 Å². The molecule has 0 unspecified atom stereocenters. The van der Waals surface area contributed by atoms with Crippen LogP contribution in [0.1, 0.15) is 18.2 Å². The molecular formula is C7H12N2O2. The Bertz CT molecular complexity index is 222. The number of aliphatic hydroxyl groups excluding tert-OH is 2. The zero-order valence-electron chi connectivity index (χ0n) is 6.44. The Balaban J connectivity index is 2.67. The summed E-state index contributed by atoms with van der Waals surface area (Å²) in [7, 11) is 1.76. The first-order valence-electron chi connectivity index (χ1n) is 3.52. The highest BCUT2D eigenvalue weighted by atomic mass is 16.3. The highest BCUT2D eigenvalue weighted by molar-refractivity contribution is 5.03. The molecule has 0 aliphatic rings. The molecule has 0 aliphatic heterocycles. The van der Waals surface area contributed by atoms with Crippen LogP contribution in [0.25, 0.3) is 0 Å². The molecule has 0 spiro atoms. The summed E-state index contributed by atoms with van der Waals surface area (Å²) in [5.41, 5.74) is 0.735. The predicted molar refractivity (Wildman–Crippen MR) is 39.9 cm³/mol. The number of rotatable bonds is 3. The normalized spacial score (nSPS) is 13.4. The number of aryl methyl sites for hydroxylation is 1. The highest BCUT2D eigenvalue weighted by Crippen LogP contribution is 2.13. The number of aliphatic hydroxyl groups is 2. The van der Waals surface area contributed by atoms with Crippen LogP contribution >= 0.6 is 0 Å². The van der Waals surface area contributed by atoms with Gasteiger partial charge in [-0.1, -0.05) is 0 Å². The highest BCUT2D eigenvalue weighted by Gasteiger charge is 2.09. The largest absolute Gasteiger partial charge is 0.396 e. The van der Waals surface area contributed by atoms with Gasteiger partial charge >= 0.3 is 0 Å². The van der Waals surface area contributed by atoms with Gasteiger partial charge in [-0.15, -0.1) is 0 Å². The van der Waals surface area contributed by atoms with E-state index in [-0.39, 0.29) is 6.61 Å². The summed E-state index contributed by atoms with van der Waals surface area (Å²) in [6, 6.07) is 1.74. The molecule has 0 saturated heterocycles. The van der Waals surface area contributed by atoms with Crippen molar-refractivity contribution in [1.29, 1.82) is 0 Å². The Morgan fingerprint density at radius 2 is 2.45 bits per heavy atom. The molecule has 0 aromatic carbocycles. The fourth-order valence-electron chi connectivity index (χ4n) is 0.981. The molecule has 2 N–H and O–H groups in total. The summed E-state index contributed by atoms with van der Waals surface area (Å²) in [6.07, 6.45) is 1.38. The molecule has 0 aliphatic carbocycles. The molecule has 4 heteroatoms. The minimum Gasteiger partial charge on any atom is -0.396 e. The van der Waals surface area contributed by atoms with Gasteiger partial charge in [0.15, 0.2) is 0 Å². The maximum absolute atomic E-state index is 9.37. The Kier molecular flexibility index (Phi) is 2.62. The monoisotopic (exact) mass is 156 g/mol. The standard InChI is InChI=1S/C7H12N2O2/c1-9-6(2-4-8-9)7(11)3-5-10/h2,4,7,10-11H,3,5H2,1H3/t7-/m0/s1. The van der Waals surface area contributed by atoms with Gasteiger partial charge in [0, 0.05) is 26.3 Å². The molecule has 1 rings (SSSR count). The van der Waals surface area contributed by atoms with Gasteiger partial charge in [-0.3, -0.25) is 4.68 Å². The molecule has 0 saturated carbocycles. The zero-order chi connectivity index (χ0) is 8.27. The second-order valence-corrected chi connectivity index (χ2v) is 2.41. The van der Waals surface area contributed by atoms with Gasteiger partial charge in [-0.25, -0.2) is 0 Å². The second-order valence-electron chi connectivity index (χ2n) is 2.41. The fraction of sp³-hybridized carbons (Fsp3) is 0.571. The van der Waals surface area contributed by atoms with Crippen molar-refractivity contribution in [3.63, 3.8) is 0 Å². The van der Waals surface area contributed by atoms with Gasteiger partial charge in [0.25, 0.3) is 0 Å². The lowest BCUT2D eigenvalue weighted by molar-refractivity contribution is 0.127. The molecule has 0 amide bonds. The summed E-state index contributed by atoms with van der Waals surface area (Å²) in [5, 5.41) is 21.8. The fourth-order valence-corrected chi connectivity index (χ4v) is 0.981. The quantitative estimate of drug-likeness (QED) is 0.639. The van der Waals surface area contributed by atoms with Crippen molar-refractivity contribution in [1.82, 2.24) is 9.78 Å². The van der Waals surface area contributed by atoms with E-state index in [0.717, 1.165) is 5.69 Å². The average molecular weight is 156 g/mol. The smallest absolute Gasteiger partial charge is 0.0978 e. The van der Waals surface area contributed by atoms with Crippen LogP contribution in [0.5, 0.6) is 0 Å². The van der Waals surface area contributed by atoms with Crippen LogP contribution in [0.4, 0.5) is 0 Å². The maximum Gasteiger partial charge on any atom is 0.0978 e. The molecule has 1 atom stereocenters. The van der Waals surface area contributed by atoms with Gasteiger partial charge in [0.2, 0.25) is 0 Å². The summed E-state index contributed by atoms with van der Waals surface area (Å²) >= 11 is 0. The van der Waals surface area contributed by atoms with Crippen molar-refractivity contribution < 1.29 is 10.2 Å². The van der Waals surface area contributed by atoms with Crippen molar-refractivity contribution >= 4 is 0 Å². The molecule has 4 nitrogen and oxygen atoms in total. The molecular weight excluding hydrogens is 144 g/mol. The van der Waals surface area contributed by atoms with Crippen molar-refractivity contribution in [3.8, 4) is 0 Å². The minimum absolute atomic E-state index is 0.00759. The minimum atomic E-state index is -0.604. The first kappa shape index (κ1) is 8.23. The van der Waals surface area contributed by atoms with Crippen molar-refractivity contribution in [2.24, 2.45) is 7.05 Å². The number of hydrogen-bond acceptors (Lipinski definition) is 3.